The van der Waals surface area contributed by atoms with Crippen LogP contribution in [0.2, 0.25) is 0 Å². The molecule has 1 saturated heterocycles. The van der Waals surface area contributed by atoms with E-state index in [1.54, 1.807) is 0 Å². The lowest BCUT2D eigenvalue weighted by molar-refractivity contribution is -0.128. The molecule has 0 aliphatic carbocycles. The van der Waals surface area contributed by atoms with E-state index in [1.807, 2.05) is 35.2 Å². The summed E-state index contributed by atoms with van der Waals surface area (Å²) in [5.74, 6) is 0.189. The van der Waals surface area contributed by atoms with E-state index >= 15 is 0 Å². The third kappa shape index (κ3) is 4.20. The number of hydrogen-bond acceptors (Lipinski definition) is 3. The van der Waals surface area contributed by atoms with Gasteiger partial charge < -0.3 is 15.5 Å². The maximum atomic E-state index is 12.3. The minimum atomic E-state index is 0.189. The van der Waals surface area contributed by atoms with E-state index in [1.165, 1.54) is 0 Å². The van der Waals surface area contributed by atoms with Crippen LogP contribution in [0, 0.1) is 0 Å². The Labute approximate surface area is 125 Å². The Balaban J connectivity index is 2.01. The van der Waals surface area contributed by atoms with Crippen molar-refractivity contribution in [3.05, 3.63) is 30.3 Å². The molecule has 108 valence electrons. The van der Waals surface area contributed by atoms with Crippen LogP contribution in [-0.4, -0.2) is 42.0 Å². The second-order valence-electron chi connectivity index (χ2n) is 5.06. The Bertz CT molecular complexity index is 457. The summed E-state index contributed by atoms with van der Waals surface area (Å²) in [6.07, 6.45) is 2.85. The largest absolute Gasteiger partial charge is 0.393 e. The summed E-state index contributed by atoms with van der Waals surface area (Å²) in [6, 6.07) is 9.94. The van der Waals surface area contributed by atoms with Gasteiger partial charge in [0.2, 0.25) is 5.91 Å². The molecule has 0 bridgehead atoms. The minimum absolute atomic E-state index is 0.189. The highest BCUT2D eigenvalue weighted by molar-refractivity contribution is 7.80. The summed E-state index contributed by atoms with van der Waals surface area (Å²) in [4.78, 5) is 16.8. The molecule has 0 spiro atoms. The van der Waals surface area contributed by atoms with Crippen LogP contribution in [-0.2, 0) is 4.79 Å². The van der Waals surface area contributed by atoms with Gasteiger partial charge in [0, 0.05) is 31.7 Å². The third-order valence-electron chi connectivity index (χ3n) is 3.53. The molecule has 0 unspecified atom stereocenters. The fourth-order valence-electron chi connectivity index (χ4n) is 2.41. The van der Waals surface area contributed by atoms with Crippen LogP contribution in [0.4, 0.5) is 5.69 Å². The van der Waals surface area contributed by atoms with Crippen molar-refractivity contribution in [2.45, 2.75) is 19.3 Å². The van der Waals surface area contributed by atoms with Gasteiger partial charge in [-0.1, -0.05) is 30.4 Å². The first-order valence-corrected chi connectivity index (χ1v) is 7.44. The van der Waals surface area contributed by atoms with Crippen LogP contribution in [0.1, 0.15) is 19.3 Å². The average molecular weight is 291 g/mol. The Morgan fingerprint density at radius 1 is 1.25 bits per heavy atom. The molecule has 0 aromatic heterocycles. The molecule has 20 heavy (non-hydrogen) atoms. The van der Waals surface area contributed by atoms with E-state index in [0.29, 0.717) is 24.5 Å². The molecule has 1 amide bonds. The summed E-state index contributed by atoms with van der Waals surface area (Å²) in [5, 5.41) is 0. The molecule has 0 saturated carbocycles. The Morgan fingerprint density at radius 3 is 2.50 bits per heavy atom. The van der Waals surface area contributed by atoms with Crippen LogP contribution in [0.15, 0.2) is 30.3 Å². The Morgan fingerprint density at radius 2 is 1.90 bits per heavy atom. The zero-order valence-electron chi connectivity index (χ0n) is 11.6. The van der Waals surface area contributed by atoms with Crippen molar-refractivity contribution in [1.82, 2.24) is 4.90 Å². The molecule has 2 rings (SSSR count). The SMILES string of the molecule is NC(=S)CCN(CC(=O)N1CCCC1)c1ccccc1. The lowest BCUT2D eigenvalue weighted by Crippen LogP contribution is -2.40. The van der Waals surface area contributed by atoms with Gasteiger partial charge in [-0.2, -0.15) is 0 Å². The van der Waals surface area contributed by atoms with Gasteiger partial charge in [-0.05, 0) is 25.0 Å². The first-order chi connectivity index (χ1) is 9.66. The second kappa shape index (κ2) is 7.24. The van der Waals surface area contributed by atoms with Gasteiger partial charge in [-0.3, -0.25) is 4.79 Å². The number of rotatable bonds is 6. The first kappa shape index (κ1) is 14.8. The minimum Gasteiger partial charge on any atom is -0.393 e. The third-order valence-corrected chi connectivity index (χ3v) is 3.74. The maximum absolute atomic E-state index is 12.3. The molecule has 2 N–H and O–H groups in total. The second-order valence-corrected chi connectivity index (χ2v) is 5.59. The summed E-state index contributed by atoms with van der Waals surface area (Å²) < 4.78 is 0. The fraction of sp³-hybridized carbons (Fsp3) is 0.467. The van der Waals surface area contributed by atoms with Crippen LogP contribution in [0.25, 0.3) is 0 Å². The number of likely N-dealkylation sites (tertiary alicyclic amines) is 1. The van der Waals surface area contributed by atoms with Gasteiger partial charge in [0.1, 0.15) is 0 Å². The lowest BCUT2D eigenvalue weighted by atomic mass is 10.2. The number of amides is 1. The van der Waals surface area contributed by atoms with Crippen molar-refractivity contribution in [3.8, 4) is 0 Å². The van der Waals surface area contributed by atoms with Gasteiger partial charge in [0.05, 0.1) is 11.5 Å². The highest BCUT2D eigenvalue weighted by atomic mass is 32.1. The zero-order valence-corrected chi connectivity index (χ0v) is 12.4. The smallest absolute Gasteiger partial charge is 0.242 e. The number of para-hydroxylation sites is 1. The number of nitrogens with two attached hydrogens (primary N) is 1. The Hall–Kier alpha value is -1.62. The van der Waals surface area contributed by atoms with E-state index in [9.17, 15) is 4.79 Å². The van der Waals surface area contributed by atoms with Crippen molar-refractivity contribution in [2.75, 3.05) is 31.1 Å². The number of nitrogens with zero attached hydrogens (tertiary/aromatic N) is 2. The molecule has 1 aliphatic heterocycles. The summed E-state index contributed by atoms with van der Waals surface area (Å²) in [6.45, 7) is 2.85. The fourth-order valence-corrected chi connectivity index (χ4v) is 2.50. The quantitative estimate of drug-likeness (QED) is 0.812. The molecule has 4 nitrogen and oxygen atoms in total. The summed E-state index contributed by atoms with van der Waals surface area (Å²) in [7, 11) is 0. The predicted octanol–water partition coefficient (Wildman–Crippen LogP) is 1.79. The molecule has 5 heteroatoms. The monoisotopic (exact) mass is 291 g/mol. The van der Waals surface area contributed by atoms with Gasteiger partial charge in [-0.25, -0.2) is 0 Å². The van der Waals surface area contributed by atoms with Gasteiger partial charge in [0.25, 0.3) is 0 Å². The molecule has 0 atom stereocenters. The van der Waals surface area contributed by atoms with E-state index < -0.39 is 0 Å². The number of hydrogen-bond donors (Lipinski definition) is 1. The van der Waals surface area contributed by atoms with Crippen LogP contribution in [0.5, 0.6) is 0 Å². The zero-order chi connectivity index (χ0) is 14.4. The predicted molar refractivity (Wildman–Crippen MR) is 85.9 cm³/mol. The van der Waals surface area contributed by atoms with Crippen molar-refractivity contribution in [2.24, 2.45) is 5.73 Å². The number of anilines is 1. The van der Waals surface area contributed by atoms with Crippen molar-refractivity contribution in [3.63, 3.8) is 0 Å². The van der Waals surface area contributed by atoms with E-state index in [0.717, 1.165) is 31.6 Å². The highest BCUT2D eigenvalue weighted by Gasteiger charge is 2.20. The van der Waals surface area contributed by atoms with Crippen molar-refractivity contribution < 1.29 is 4.79 Å². The molecular formula is C15H21N3OS. The van der Waals surface area contributed by atoms with Crippen LogP contribution in [0.3, 0.4) is 0 Å². The molecule has 1 aromatic rings. The number of benzene rings is 1. The number of carbonyl (C=O) groups excluding carboxylic acids is 1. The molecule has 1 fully saturated rings. The van der Waals surface area contributed by atoms with Crippen LogP contribution >= 0.6 is 12.2 Å². The first-order valence-electron chi connectivity index (χ1n) is 7.03. The maximum Gasteiger partial charge on any atom is 0.242 e. The normalized spacial score (nSPS) is 14.3. The summed E-state index contributed by atoms with van der Waals surface area (Å²) in [5.41, 5.74) is 6.62. The van der Waals surface area contributed by atoms with Gasteiger partial charge >= 0.3 is 0 Å². The molecule has 0 radical (unpaired) electrons. The molecular weight excluding hydrogens is 270 g/mol. The molecule has 1 aliphatic rings. The molecule has 1 heterocycles. The van der Waals surface area contributed by atoms with Crippen molar-refractivity contribution >= 4 is 28.8 Å². The van der Waals surface area contributed by atoms with E-state index in [2.05, 4.69) is 4.90 Å². The Kier molecular flexibility index (Phi) is 5.35. The summed E-state index contributed by atoms with van der Waals surface area (Å²) >= 11 is 4.94. The van der Waals surface area contributed by atoms with Gasteiger partial charge in [0.15, 0.2) is 0 Å². The number of carbonyl (C=O) groups is 1. The molecule has 1 aromatic carbocycles. The van der Waals surface area contributed by atoms with E-state index in [-0.39, 0.29) is 5.91 Å². The lowest BCUT2D eigenvalue weighted by Gasteiger charge is -2.26. The highest BCUT2D eigenvalue weighted by Crippen LogP contribution is 2.15. The van der Waals surface area contributed by atoms with Gasteiger partial charge in [-0.15, -0.1) is 0 Å². The van der Waals surface area contributed by atoms with Crippen LogP contribution < -0.4 is 10.6 Å². The standard InChI is InChI=1S/C15H21N3OS/c16-14(20)8-11-18(13-6-2-1-3-7-13)12-15(19)17-9-4-5-10-17/h1-3,6-7H,4-5,8-12H2,(H2,16,20). The average Bonchev–Trinajstić information content (AvgIpc) is 2.98. The van der Waals surface area contributed by atoms with Crippen molar-refractivity contribution in [1.29, 1.82) is 0 Å². The topological polar surface area (TPSA) is 49.6 Å². The van der Waals surface area contributed by atoms with E-state index in [4.69, 9.17) is 18.0 Å². The number of thiocarbonyl (C=S) groups is 1.